The lowest BCUT2D eigenvalue weighted by molar-refractivity contribution is -0.143. The van der Waals surface area contributed by atoms with E-state index in [1.54, 1.807) is 7.11 Å². The van der Waals surface area contributed by atoms with Crippen LogP contribution in [0.25, 0.3) is 5.76 Å². The van der Waals surface area contributed by atoms with Gasteiger partial charge in [-0.15, -0.1) is 0 Å². The van der Waals surface area contributed by atoms with Crippen LogP contribution >= 0.6 is 0 Å². The summed E-state index contributed by atoms with van der Waals surface area (Å²) in [4.78, 5) is 43.0. The average Bonchev–Trinajstić information content (AvgIpc) is 3.64. The predicted octanol–water partition coefficient (Wildman–Crippen LogP) is 8.74. The monoisotopic (exact) mass is 630 g/mol. The summed E-state index contributed by atoms with van der Waals surface area (Å²) in [7, 11) is 1.61. The second-order valence-corrected chi connectivity index (χ2v) is 12.9. The fourth-order valence-corrected chi connectivity index (χ4v) is 8.52. The Morgan fingerprint density at radius 2 is 1.19 bits per heavy atom. The molecule has 1 unspecified atom stereocenters. The van der Waals surface area contributed by atoms with Crippen molar-refractivity contribution in [3.8, 4) is 5.75 Å². The van der Waals surface area contributed by atoms with Gasteiger partial charge in [-0.1, -0.05) is 121 Å². The van der Waals surface area contributed by atoms with E-state index in [4.69, 9.17) is 9.47 Å². The topological polar surface area (TPSA) is 69.7 Å². The summed E-state index contributed by atoms with van der Waals surface area (Å²) < 4.78 is 11.8. The van der Waals surface area contributed by atoms with Crippen LogP contribution in [0.15, 0.2) is 140 Å². The fraction of sp³-hybridized carbons (Fsp3) is 0.186. The number of para-hydroxylation sites is 1. The summed E-state index contributed by atoms with van der Waals surface area (Å²) in [5, 5.41) is 0. The molecular weight excluding hydrogens is 596 g/mol. The van der Waals surface area contributed by atoms with Gasteiger partial charge in [0.2, 0.25) is 0 Å². The van der Waals surface area contributed by atoms with Gasteiger partial charge in [-0.05, 0) is 40.5 Å². The molecule has 0 saturated heterocycles. The van der Waals surface area contributed by atoms with E-state index in [0.29, 0.717) is 22.6 Å². The molecular formula is C43H34O5. The summed E-state index contributed by atoms with van der Waals surface area (Å²) in [5.74, 6) is -1.67. The van der Waals surface area contributed by atoms with Crippen LogP contribution < -0.4 is 4.74 Å². The van der Waals surface area contributed by atoms with Gasteiger partial charge in [0.05, 0.1) is 18.6 Å². The Morgan fingerprint density at radius 3 is 1.88 bits per heavy atom. The highest BCUT2D eigenvalue weighted by Crippen LogP contribution is 2.63. The summed E-state index contributed by atoms with van der Waals surface area (Å²) in [6.45, 7) is 0. The maximum atomic E-state index is 14.8. The van der Waals surface area contributed by atoms with Crippen LogP contribution in [0.3, 0.4) is 0 Å². The van der Waals surface area contributed by atoms with Crippen molar-refractivity contribution in [1.82, 2.24) is 0 Å². The molecule has 5 nitrogen and oxygen atoms in total. The molecule has 236 valence electrons. The van der Waals surface area contributed by atoms with E-state index in [-0.39, 0.29) is 47.6 Å². The third-order valence-electron chi connectivity index (χ3n) is 10.5. The summed E-state index contributed by atoms with van der Waals surface area (Å²) >= 11 is 0. The minimum Gasteiger partial charge on any atom is -0.496 e. The third kappa shape index (κ3) is 4.89. The zero-order chi connectivity index (χ0) is 32.8. The number of rotatable bonds is 8. The molecule has 8 rings (SSSR count). The lowest BCUT2D eigenvalue weighted by Gasteiger charge is -2.34. The lowest BCUT2D eigenvalue weighted by atomic mass is 9.68. The number of benzene rings is 5. The predicted molar refractivity (Wildman–Crippen MR) is 184 cm³/mol. The van der Waals surface area contributed by atoms with Crippen molar-refractivity contribution in [2.24, 2.45) is 11.8 Å². The molecule has 48 heavy (non-hydrogen) atoms. The molecule has 0 saturated carbocycles. The molecule has 1 heterocycles. The van der Waals surface area contributed by atoms with E-state index in [0.717, 1.165) is 27.8 Å². The number of allylic oxidation sites excluding steroid dienone is 1. The molecule has 5 aromatic rings. The molecule has 0 amide bonds. The van der Waals surface area contributed by atoms with Gasteiger partial charge in [-0.25, -0.2) is 0 Å². The molecule has 0 aromatic heterocycles. The van der Waals surface area contributed by atoms with Gasteiger partial charge >= 0.3 is 5.97 Å². The highest BCUT2D eigenvalue weighted by Gasteiger charge is 2.57. The maximum Gasteiger partial charge on any atom is 0.315 e. The zero-order valence-electron chi connectivity index (χ0n) is 26.5. The Labute approximate surface area is 279 Å². The first-order chi connectivity index (χ1) is 23.5. The van der Waals surface area contributed by atoms with Crippen LogP contribution in [0.4, 0.5) is 0 Å². The molecule has 6 atom stereocenters. The Balaban J connectivity index is 1.28. The number of hydrogen-bond acceptors (Lipinski definition) is 5. The van der Waals surface area contributed by atoms with E-state index in [1.165, 1.54) is 0 Å². The second kappa shape index (κ2) is 12.2. The summed E-state index contributed by atoms with van der Waals surface area (Å²) in [5.41, 5.74) is 6.06. The summed E-state index contributed by atoms with van der Waals surface area (Å²) in [6.07, 6.45) is 2.24. The number of fused-ring (bicyclic) bond motifs is 4. The SMILES string of the molecule is COc1ccccc1C1=C[C@@H]2c3ccccc3[C@@H](C3c4ccccc4[C@@H](CC(=O)c4ccccc4)[C@@H]3C(=O)c3ccccc3)[C@@H]2C(=O)O1. The first kappa shape index (κ1) is 29.8. The molecule has 3 aliphatic rings. The maximum absolute atomic E-state index is 14.8. The number of hydrogen-bond donors (Lipinski definition) is 0. The number of cyclic esters (lactones) is 1. The molecule has 0 fully saturated rings. The van der Waals surface area contributed by atoms with Crippen molar-refractivity contribution in [3.63, 3.8) is 0 Å². The molecule has 0 spiro atoms. The first-order valence-corrected chi connectivity index (χ1v) is 16.5. The van der Waals surface area contributed by atoms with Crippen LogP contribution in [0.1, 0.15) is 78.6 Å². The van der Waals surface area contributed by atoms with Gasteiger partial charge in [0, 0.05) is 47.1 Å². The third-order valence-corrected chi connectivity index (χ3v) is 10.5. The number of ether oxygens (including phenoxy) is 2. The highest BCUT2D eigenvalue weighted by atomic mass is 16.5. The largest absolute Gasteiger partial charge is 0.496 e. The minimum atomic E-state index is -0.568. The Hall–Kier alpha value is -5.55. The van der Waals surface area contributed by atoms with Crippen molar-refractivity contribution in [2.75, 3.05) is 7.11 Å². The van der Waals surface area contributed by atoms with Crippen LogP contribution in [0.2, 0.25) is 0 Å². The average molecular weight is 631 g/mol. The Bertz CT molecular complexity index is 2060. The number of carbonyl (C=O) groups excluding carboxylic acids is 3. The Morgan fingerprint density at radius 1 is 0.625 bits per heavy atom. The number of carbonyl (C=O) groups is 3. The van der Waals surface area contributed by atoms with Crippen molar-refractivity contribution < 1.29 is 23.9 Å². The van der Waals surface area contributed by atoms with E-state index in [9.17, 15) is 14.4 Å². The van der Waals surface area contributed by atoms with Crippen molar-refractivity contribution in [2.45, 2.75) is 30.1 Å². The molecule has 0 N–H and O–H groups in total. The molecule has 5 heteroatoms. The smallest absolute Gasteiger partial charge is 0.315 e. The molecule has 2 aliphatic carbocycles. The number of esters is 1. The number of methoxy groups -OCH3 is 1. The highest BCUT2D eigenvalue weighted by molar-refractivity contribution is 6.02. The first-order valence-electron chi connectivity index (χ1n) is 16.5. The van der Waals surface area contributed by atoms with Crippen LogP contribution in [-0.2, 0) is 9.53 Å². The van der Waals surface area contributed by atoms with Crippen molar-refractivity contribution in [3.05, 3.63) is 178 Å². The summed E-state index contributed by atoms with van der Waals surface area (Å²) in [6, 6.07) is 42.5. The van der Waals surface area contributed by atoms with Crippen LogP contribution in [0.5, 0.6) is 5.75 Å². The number of Topliss-reactive ketones (excluding diaryl/α,β-unsaturated/α-hetero) is 2. The standard InChI is InChI=1S/C43H34O5/c1-47-36-23-13-12-22-32(36)37-25-34-29-19-9-11-21-31(29)39(41(34)43(46)48-37)38-30-20-10-8-18-28(30)33(24-35(44)26-14-4-2-5-15-26)40(38)42(45)27-16-6-3-7-17-27/h2-23,25,33-34,38-41H,24H2,1H3/t33-,34-,38?,39+,40+,41-/m1/s1. The van der Waals surface area contributed by atoms with Gasteiger partial charge < -0.3 is 9.47 Å². The van der Waals surface area contributed by atoms with Crippen LogP contribution in [-0.4, -0.2) is 24.6 Å². The van der Waals surface area contributed by atoms with E-state index in [1.807, 2.05) is 115 Å². The molecule has 0 bridgehead atoms. The number of ketones is 2. The fourth-order valence-electron chi connectivity index (χ4n) is 8.52. The molecule has 1 aliphatic heterocycles. The zero-order valence-corrected chi connectivity index (χ0v) is 26.5. The van der Waals surface area contributed by atoms with Crippen LogP contribution in [0, 0.1) is 11.8 Å². The van der Waals surface area contributed by atoms with Gasteiger partial charge in [0.1, 0.15) is 11.5 Å². The lowest BCUT2D eigenvalue weighted by Crippen LogP contribution is -2.34. The minimum absolute atomic E-state index is 0.00641. The molecule has 5 aromatic carbocycles. The second-order valence-electron chi connectivity index (χ2n) is 12.9. The molecule has 0 radical (unpaired) electrons. The normalized spacial score (nSPS) is 23.7. The van der Waals surface area contributed by atoms with Gasteiger partial charge in [0.15, 0.2) is 11.6 Å². The van der Waals surface area contributed by atoms with Gasteiger partial charge in [-0.3, -0.25) is 14.4 Å². The van der Waals surface area contributed by atoms with E-state index >= 15 is 0 Å². The van der Waals surface area contributed by atoms with Gasteiger partial charge in [-0.2, -0.15) is 0 Å². The van der Waals surface area contributed by atoms with E-state index < -0.39 is 11.8 Å². The Kier molecular flexibility index (Phi) is 7.60. The van der Waals surface area contributed by atoms with Gasteiger partial charge in [0.25, 0.3) is 0 Å². The quantitative estimate of drug-likeness (QED) is 0.127. The van der Waals surface area contributed by atoms with Crippen molar-refractivity contribution in [1.29, 1.82) is 0 Å². The van der Waals surface area contributed by atoms with E-state index in [2.05, 4.69) is 24.3 Å². The van der Waals surface area contributed by atoms with Crippen molar-refractivity contribution >= 4 is 23.3 Å².